The third kappa shape index (κ3) is 3.98. The second-order valence-corrected chi connectivity index (χ2v) is 5.66. The summed E-state index contributed by atoms with van der Waals surface area (Å²) in [6, 6.07) is 17.6. The Hall–Kier alpha value is -2.07. The summed E-state index contributed by atoms with van der Waals surface area (Å²) in [5.41, 5.74) is 3.28. The Morgan fingerprint density at radius 3 is 2.36 bits per heavy atom. The molecule has 0 aromatic heterocycles. The van der Waals surface area contributed by atoms with Gasteiger partial charge in [-0.15, -0.1) is 0 Å². The van der Waals surface area contributed by atoms with Crippen molar-refractivity contribution >= 4 is 27.5 Å². The van der Waals surface area contributed by atoms with Crippen LogP contribution in [-0.2, 0) is 16.1 Å². The number of hydrogen-bond acceptors (Lipinski definition) is 3. The van der Waals surface area contributed by atoms with E-state index in [0.717, 1.165) is 21.3 Å². The summed E-state index contributed by atoms with van der Waals surface area (Å²) < 4.78 is 5.79. The molecule has 0 unspecified atom stereocenters. The summed E-state index contributed by atoms with van der Waals surface area (Å²) in [6.45, 7) is 2.53. The number of nitrogens with one attached hydrogen (secondary N) is 1. The van der Waals surface area contributed by atoms with Crippen LogP contribution in [-0.4, -0.2) is 13.1 Å². The standard InChI is InChI=1S/C18H18BrNO2/c1-13(20-12-14-8-4-3-5-9-14)17(18(21)22-2)15-10-6-7-11-16(15)19/h3-11,20H,12H2,1-2H3/b17-13-. The first-order valence-corrected chi connectivity index (χ1v) is 7.74. The maximum absolute atomic E-state index is 12.2. The van der Waals surface area contributed by atoms with Gasteiger partial charge in [0.05, 0.1) is 12.7 Å². The minimum Gasteiger partial charge on any atom is -0.465 e. The van der Waals surface area contributed by atoms with E-state index in [2.05, 4.69) is 21.2 Å². The van der Waals surface area contributed by atoms with Crippen LogP contribution in [0.5, 0.6) is 0 Å². The Kier molecular flexibility index (Phi) is 5.78. The highest BCUT2D eigenvalue weighted by Crippen LogP contribution is 2.27. The van der Waals surface area contributed by atoms with Gasteiger partial charge >= 0.3 is 5.97 Å². The molecular weight excluding hydrogens is 342 g/mol. The molecule has 0 heterocycles. The summed E-state index contributed by atoms with van der Waals surface area (Å²) in [6.07, 6.45) is 0. The molecule has 0 aliphatic rings. The predicted molar refractivity (Wildman–Crippen MR) is 92.0 cm³/mol. The second kappa shape index (κ2) is 7.80. The van der Waals surface area contributed by atoms with Crippen molar-refractivity contribution in [1.82, 2.24) is 5.32 Å². The Bertz CT molecular complexity index is 680. The van der Waals surface area contributed by atoms with Crippen LogP contribution >= 0.6 is 15.9 Å². The van der Waals surface area contributed by atoms with E-state index in [1.807, 2.05) is 61.5 Å². The van der Waals surface area contributed by atoms with Gasteiger partial charge in [-0.25, -0.2) is 4.79 Å². The molecule has 0 aliphatic heterocycles. The number of carbonyl (C=O) groups is 1. The molecule has 0 saturated heterocycles. The topological polar surface area (TPSA) is 38.3 Å². The number of methoxy groups -OCH3 is 1. The van der Waals surface area contributed by atoms with Gasteiger partial charge in [0.1, 0.15) is 0 Å². The quantitative estimate of drug-likeness (QED) is 0.643. The third-order valence-electron chi connectivity index (χ3n) is 3.31. The minimum absolute atomic E-state index is 0.357. The largest absolute Gasteiger partial charge is 0.465 e. The van der Waals surface area contributed by atoms with Crippen molar-refractivity contribution in [2.75, 3.05) is 7.11 Å². The van der Waals surface area contributed by atoms with Gasteiger partial charge in [0.2, 0.25) is 0 Å². The second-order valence-electron chi connectivity index (χ2n) is 4.81. The lowest BCUT2D eigenvalue weighted by Crippen LogP contribution is -2.17. The van der Waals surface area contributed by atoms with Gasteiger partial charge < -0.3 is 10.1 Å². The van der Waals surface area contributed by atoms with Crippen LogP contribution in [0.25, 0.3) is 5.57 Å². The number of halogens is 1. The van der Waals surface area contributed by atoms with E-state index >= 15 is 0 Å². The molecule has 0 amide bonds. The summed E-state index contributed by atoms with van der Waals surface area (Å²) in [5.74, 6) is -0.357. The van der Waals surface area contributed by atoms with Gasteiger partial charge in [-0.2, -0.15) is 0 Å². The SMILES string of the molecule is COC(=O)/C(=C(/C)NCc1ccccc1)c1ccccc1Br. The van der Waals surface area contributed by atoms with E-state index in [1.54, 1.807) is 0 Å². The summed E-state index contributed by atoms with van der Waals surface area (Å²) in [7, 11) is 1.39. The number of benzene rings is 2. The van der Waals surface area contributed by atoms with Crippen molar-refractivity contribution in [3.63, 3.8) is 0 Å². The molecule has 1 N–H and O–H groups in total. The number of hydrogen-bond donors (Lipinski definition) is 1. The van der Waals surface area contributed by atoms with Crippen molar-refractivity contribution < 1.29 is 9.53 Å². The van der Waals surface area contributed by atoms with Gasteiger partial charge in [0.15, 0.2) is 0 Å². The smallest absolute Gasteiger partial charge is 0.340 e. The zero-order chi connectivity index (χ0) is 15.9. The Morgan fingerprint density at radius 1 is 1.09 bits per heavy atom. The molecule has 0 bridgehead atoms. The van der Waals surface area contributed by atoms with Crippen molar-refractivity contribution in [2.45, 2.75) is 13.5 Å². The van der Waals surface area contributed by atoms with Crippen LogP contribution in [0.4, 0.5) is 0 Å². The fraction of sp³-hybridized carbons (Fsp3) is 0.167. The van der Waals surface area contributed by atoms with E-state index in [0.29, 0.717) is 12.1 Å². The molecule has 2 aromatic rings. The maximum atomic E-state index is 12.2. The molecule has 0 radical (unpaired) electrons. The highest BCUT2D eigenvalue weighted by molar-refractivity contribution is 9.10. The average molecular weight is 360 g/mol. The Labute approximate surface area is 139 Å². The van der Waals surface area contributed by atoms with Gasteiger partial charge in [0.25, 0.3) is 0 Å². The number of rotatable bonds is 5. The lowest BCUT2D eigenvalue weighted by Gasteiger charge is -2.14. The molecular formula is C18H18BrNO2. The summed E-state index contributed by atoms with van der Waals surface area (Å²) in [4.78, 5) is 12.2. The third-order valence-corrected chi connectivity index (χ3v) is 4.00. The minimum atomic E-state index is -0.357. The molecule has 0 spiro atoms. The molecule has 3 nitrogen and oxygen atoms in total. The first-order valence-electron chi connectivity index (χ1n) is 6.95. The fourth-order valence-corrected chi connectivity index (χ4v) is 2.63. The first-order chi connectivity index (χ1) is 10.6. The Balaban J connectivity index is 2.31. The van der Waals surface area contributed by atoms with Crippen LogP contribution in [0.1, 0.15) is 18.1 Å². The van der Waals surface area contributed by atoms with Gasteiger partial charge in [-0.3, -0.25) is 0 Å². The summed E-state index contributed by atoms with van der Waals surface area (Å²) >= 11 is 3.49. The lowest BCUT2D eigenvalue weighted by atomic mass is 10.0. The van der Waals surface area contributed by atoms with Gasteiger partial charge in [-0.1, -0.05) is 64.5 Å². The number of esters is 1. The van der Waals surface area contributed by atoms with Crippen LogP contribution in [0.3, 0.4) is 0 Å². The van der Waals surface area contributed by atoms with Gasteiger partial charge in [-0.05, 0) is 18.6 Å². The van der Waals surface area contributed by atoms with Crippen molar-refractivity contribution in [2.24, 2.45) is 0 Å². The molecule has 0 fully saturated rings. The summed E-state index contributed by atoms with van der Waals surface area (Å²) in [5, 5.41) is 3.30. The van der Waals surface area contributed by atoms with Crippen LogP contribution in [0.15, 0.2) is 64.8 Å². The van der Waals surface area contributed by atoms with E-state index in [9.17, 15) is 4.79 Å². The average Bonchev–Trinajstić information content (AvgIpc) is 2.55. The highest BCUT2D eigenvalue weighted by Gasteiger charge is 2.18. The monoisotopic (exact) mass is 359 g/mol. The van der Waals surface area contributed by atoms with E-state index in [1.165, 1.54) is 7.11 Å². The zero-order valence-corrected chi connectivity index (χ0v) is 14.2. The van der Waals surface area contributed by atoms with Crippen molar-refractivity contribution in [1.29, 1.82) is 0 Å². The van der Waals surface area contributed by atoms with E-state index in [-0.39, 0.29) is 5.97 Å². The molecule has 4 heteroatoms. The van der Waals surface area contributed by atoms with Crippen molar-refractivity contribution in [3.05, 3.63) is 75.9 Å². The zero-order valence-electron chi connectivity index (χ0n) is 12.6. The van der Waals surface area contributed by atoms with Crippen LogP contribution in [0.2, 0.25) is 0 Å². The van der Waals surface area contributed by atoms with Crippen molar-refractivity contribution in [3.8, 4) is 0 Å². The molecule has 114 valence electrons. The molecule has 0 atom stereocenters. The normalized spacial score (nSPS) is 11.6. The molecule has 0 aliphatic carbocycles. The molecule has 2 aromatic carbocycles. The molecule has 2 rings (SSSR count). The number of ether oxygens (including phenoxy) is 1. The Morgan fingerprint density at radius 2 is 1.73 bits per heavy atom. The van der Waals surface area contributed by atoms with Crippen LogP contribution < -0.4 is 5.32 Å². The molecule has 0 saturated carbocycles. The highest BCUT2D eigenvalue weighted by atomic mass is 79.9. The van der Waals surface area contributed by atoms with Gasteiger partial charge in [0, 0.05) is 22.3 Å². The predicted octanol–water partition coefficient (Wildman–Crippen LogP) is 4.14. The maximum Gasteiger partial charge on any atom is 0.340 e. The first kappa shape index (κ1) is 16.3. The molecule has 22 heavy (non-hydrogen) atoms. The number of carbonyl (C=O) groups excluding carboxylic acids is 1. The lowest BCUT2D eigenvalue weighted by molar-refractivity contribution is -0.133. The van der Waals surface area contributed by atoms with E-state index in [4.69, 9.17) is 4.74 Å². The fourth-order valence-electron chi connectivity index (χ4n) is 2.15. The number of allylic oxidation sites excluding steroid dienone is 1. The van der Waals surface area contributed by atoms with E-state index < -0.39 is 0 Å². The van der Waals surface area contributed by atoms with Crippen LogP contribution in [0, 0.1) is 0 Å².